The van der Waals surface area contributed by atoms with Crippen molar-refractivity contribution in [2.24, 2.45) is 10.9 Å². The second-order valence-corrected chi connectivity index (χ2v) is 1.82. The fraction of sp³-hybridized carbons (Fsp3) is 0.800. The molecule has 0 fully saturated rings. The van der Waals surface area contributed by atoms with Crippen LogP contribution in [0.15, 0.2) is 5.16 Å². The van der Waals surface area contributed by atoms with Crippen molar-refractivity contribution in [2.45, 2.75) is 13.3 Å². The summed E-state index contributed by atoms with van der Waals surface area (Å²) >= 11 is 5.30. The van der Waals surface area contributed by atoms with Gasteiger partial charge in [-0.2, -0.15) is 0 Å². The zero-order valence-electron chi connectivity index (χ0n) is 5.43. The maximum atomic E-state index is 5.30. The van der Waals surface area contributed by atoms with Crippen LogP contribution in [0.1, 0.15) is 13.3 Å². The number of hydrogen-bond acceptors (Lipinski definition) is 2. The van der Waals surface area contributed by atoms with Gasteiger partial charge in [0, 0.05) is 0 Å². The number of halogens is 1. The lowest BCUT2D eigenvalue weighted by Crippen LogP contribution is -2.13. The molecular weight excluding hydrogens is 140 g/mol. The predicted octanol–water partition coefficient (Wildman–Crippen LogP) is 0.924. The van der Waals surface area contributed by atoms with Gasteiger partial charge in [-0.1, -0.05) is 12.1 Å². The number of nitrogens with two attached hydrogens (primary N) is 1. The molecule has 0 saturated carbocycles. The molecule has 0 aromatic rings. The summed E-state index contributed by atoms with van der Waals surface area (Å²) in [4.78, 5) is 4.71. The number of hydrogen-bond donors (Lipinski definition) is 1. The Labute approximate surface area is 59.8 Å². The molecule has 0 atom stereocenters. The van der Waals surface area contributed by atoms with E-state index in [1.807, 2.05) is 6.92 Å². The van der Waals surface area contributed by atoms with Crippen LogP contribution in [0.2, 0.25) is 0 Å². The van der Waals surface area contributed by atoms with E-state index in [1.165, 1.54) is 0 Å². The maximum absolute atomic E-state index is 5.30. The third kappa shape index (κ3) is 5.43. The molecule has 0 aliphatic rings. The number of rotatable bonds is 4. The van der Waals surface area contributed by atoms with E-state index in [2.05, 4.69) is 5.16 Å². The van der Waals surface area contributed by atoms with E-state index in [-0.39, 0.29) is 5.88 Å². The van der Waals surface area contributed by atoms with Gasteiger partial charge in [0.05, 0.1) is 5.88 Å². The second kappa shape index (κ2) is 5.69. The van der Waals surface area contributed by atoms with Crippen LogP contribution in [0, 0.1) is 0 Å². The lowest BCUT2D eigenvalue weighted by molar-refractivity contribution is 0.144. The third-order valence-electron chi connectivity index (χ3n) is 0.614. The van der Waals surface area contributed by atoms with Crippen LogP contribution in [-0.4, -0.2) is 18.3 Å². The van der Waals surface area contributed by atoms with Gasteiger partial charge >= 0.3 is 0 Å². The zero-order valence-corrected chi connectivity index (χ0v) is 6.19. The van der Waals surface area contributed by atoms with Gasteiger partial charge in [-0.15, -0.1) is 11.6 Å². The van der Waals surface area contributed by atoms with Crippen molar-refractivity contribution in [1.82, 2.24) is 0 Å². The van der Waals surface area contributed by atoms with E-state index in [4.69, 9.17) is 22.2 Å². The van der Waals surface area contributed by atoms with Crippen molar-refractivity contribution in [3.8, 4) is 0 Å². The molecule has 0 spiro atoms. The standard InChI is InChI=1S/C5H11ClN2O/c1-2-3-9-8-5(7)4-6/h2-4H2,1H3,(H2,7,8). The molecule has 2 N–H and O–H groups in total. The van der Waals surface area contributed by atoms with E-state index < -0.39 is 0 Å². The summed E-state index contributed by atoms with van der Waals surface area (Å²) < 4.78 is 0. The summed E-state index contributed by atoms with van der Waals surface area (Å²) in [7, 11) is 0. The zero-order chi connectivity index (χ0) is 7.11. The van der Waals surface area contributed by atoms with Crippen LogP contribution >= 0.6 is 11.6 Å². The first-order valence-corrected chi connectivity index (χ1v) is 3.35. The molecule has 3 nitrogen and oxygen atoms in total. The van der Waals surface area contributed by atoms with Gasteiger partial charge in [0.25, 0.3) is 0 Å². The van der Waals surface area contributed by atoms with Crippen molar-refractivity contribution in [3.05, 3.63) is 0 Å². The normalized spacial score (nSPS) is 11.6. The SMILES string of the molecule is CCCON=C(N)CCl. The second-order valence-electron chi connectivity index (χ2n) is 1.55. The topological polar surface area (TPSA) is 47.6 Å². The van der Waals surface area contributed by atoms with Gasteiger partial charge in [-0.3, -0.25) is 0 Å². The first-order chi connectivity index (χ1) is 4.31. The Balaban J connectivity index is 3.21. The average Bonchev–Trinajstić information content (AvgIpc) is 1.89. The number of nitrogens with zero attached hydrogens (tertiary/aromatic N) is 1. The van der Waals surface area contributed by atoms with Gasteiger partial charge < -0.3 is 10.6 Å². The highest BCUT2D eigenvalue weighted by Crippen LogP contribution is 1.82. The molecule has 0 bridgehead atoms. The molecule has 0 radical (unpaired) electrons. The highest BCUT2D eigenvalue weighted by Gasteiger charge is 1.85. The summed E-state index contributed by atoms with van der Waals surface area (Å²) in [6.07, 6.45) is 0.930. The molecule has 0 aromatic heterocycles. The van der Waals surface area contributed by atoms with Gasteiger partial charge in [0.1, 0.15) is 6.61 Å². The predicted molar refractivity (Wildman–Crippen MR) is 38.6 cm³/mol. The lowest BCUT2D eigenvalue weighted by atomic mass is 10.5. The van der Waals surface area contributed by atoms with Gasteiger partial charge in [0.15, 0.2) is 5.84 Å². The van der Waals surface area contributed by atoms with Crippen LogP contribution in [0.25, 0.3) is 0 Å². The first-order valence-electron chi connectivity index (χ1n) is 2.81. The van der Waals surface area contributed by atoms with E-state index in [1.54, 1.807) is 0 Å². The lowest BCUT2D eigenvalue weighted by Gasteiger charge is -1.94. The van der Waals surface area contributed by atoms with Crippen LogP contribution in [0.3, 0.4) is 0 Å². The molecule has 0 saturated heterocycles. The quantitative estimate of drug-likeness (QED) is 0.213. The Morgan fingerprint density at radius 2 is 2.44 bits per heavy atom. The minimum Gasteiger partial charge on any atom is -0.394 e. The van der Waals surface area contributed by atoms with E-state index in [0.717, 1.165) is 6.42 Å². The molecule has 0 aliphatic heterocycles. The fourth-order valence-corrected chi connectivity index (χ4v) is 0.293. The highest BCUT2D eigenvalue weighted by atomic mass is 35.5. The van der Waals surface area contributed by atoms with Crippen LogP contribution in [0.5, 0.6) is 0 Å². The van der Waals surface area contributed by atoms with Gasteiger partial charge in [-0.25, -0.2) is 0 Å². The Morgan fingerprint density at radius 1 is 1.78 bits per heavy atom. The molecule has 9 heavy (non-hydrogen) atoms. The van der Waals surface area contributed by atoms with Crippen molar-refractivity contribution in [3.63, 3.8) is 0 Å². The summed E-state index contributed by atoms with van der Waals surface area (Å²) in [5.41, 5.74) is 5.21. The summed E-state index contributed by atoms with van der Waals surface area (Å²) in [5, 5.41) is 3.49. The van der Waals surface area contributed by atoms with E-state index in [9.17, 15) is 0 Å². The van der Waals surface area contributed by atoms with Crippen molar-refractivity contribution in [2.75, 3.05) is 12.5 Å². The van der Waals surface area contributed by atoms with Crippen molar-refractivity contribution < 1.29 is 4.84 Å². The minimum absolute atomic E-state index is 0.226. The van der Waals surface area contributed by atoms with Gasteiger partial charge in [0.2, 0.25) is 0 Å². The Hall–Kier alpha value is -0.440. The number of amidine groups is 1. The van der Waals surface area contributed by atoms with Crippen molar-refractivity contribution >= 4 is 17.4 Å². The Morgan fingerprint density at radius 3 is 2.89 bits per heavy atom. The molecule has 0 aromatic carbocycles. The Bertz CT molecular complexity index is 95.0. The fourth-order valence-electron chi connectivity index (χ4n) is 0.244. The number of alkyl halides is 1. The molecule has 4 heteroatoms. The first kappa shape index (κ1) is 8.56. The smallest absolute Gasteiger partial charge is 0.154 e. The monoisotopic (exact) mass is 150 g/mol. The van der Waals surface area contributed by atoms with Gasteiger partial charge in [-0.05, 0) is 6.42 Å². The Kier molecular flexibility index (Phi) is 5.41. The molecule has 0 aliphatic carbocycles. The van der Waals surface area contributed by atoms with E-state index in [0.29, 0.717) is 12.4 Å². The molecular formula is C5H11ClN2O. The molecule has 0 amide bonds. The van der Waals surface area contributed by atoms with Crippen LogP contribution < -0.4 is 5.73 Å². The molecule has 0 unspecified atom stereocenters. The minimum atomic E-state index is 0.226. The summed E-state index contributed by atoms with van der Waals surface area (Å²) in [6, 6.07) is 0. The highest BCUT2D eigenvalue weighted by molar-refractivity contribution is 6.27. The molecule has 0 heterocycles. The van der Waals surface area contributed by atoms with Crippen LogP contribution in [0.4, 0.5) is 0 Å². The molecule has 0 rings (SSSR count). The van der Waals surface area contributed by atoms with Crippen LogP contribution in [-0.2, 0) is 4.84 Å². The third-order valence-corrected chi connectivity index (χ3v) is 0.888. The maximum Gasteiger partial charge on any atom is 0.154 e. The van der Waals surface area contributed by atoms with E-state index >= 15 is 0 Å². The number of oxime groups is 1. The molecule has 54 valence electrons. The summed E-state index contributed by atoms with van der Waals surface area (Å²) in [5.74, 6) is 0.550. The van der Waals surface area contributed by atoms with Crippen molar-refractivity contribution in [1.29, 1.82) is 0 Å². The largest absolute Gasteiger partial charge is 0.394 e. The average molecular weight is 151 g/mol. The summed E-state index contributed by atoms with van der Waals surface area (Å²) in [6.45, 7) is 2.59.